The van der Waals surface area contributed by atoms with Crippen LogP contribution in [0.1, 0.15) is 5.56 Å². The lowest BCUT2D eigenvalue weighted by molar-refractivity contribution is -0.116. The van der Waals surface area contributed by atoms with Crippen LogP contribution >= 0.6 is 0 Å². The molecule has 22 heavy (non-hydrogen) atoms. The molecule has 2 rings (SSSR count). The lowest BCUT2D eigenvalue weighted by atomic mass is 10.2. The minimum Gasteiger partial charge on any atom is -0.497 e. The lowest BCUT2D eigenvalue weighted by Crippen LogP contribution is -2.27. The minimum atomic E-state index is -0.149. The Morgan fingerprint density at radius 1 is 1.32 bits per heavy atom. The van der Waals surface area contributed by atoms with Crippen LogP contribution in [0.3, 0.4) is 0 Å². The third-order valence-corrected chi connectivity index (χ3v) is 2.81. The van der Waals surface area contributed by atoms with E-state index < -0.39 is 0 Å². The number of methoxy groups -OCH3 is 1. The predicted octanol–water partition coefficient (Wildman–Crippen LogP) is 1.73. The van der Waals surface area contributed by atoms with Crippen molar-refractivity contribution in [3.63, 3.8) is 0 Å². The molecule has 2 N–H and O–H groups in total. The Hall–Kier alpha value is -2.89. The molecule has 0 saturated heterocycles. The standard InChI is InChI=1S/C16H18N4O2/c1-22-14-4-2-3-13(11-14)5-6-16(21)20-10-9-19-15-12-17-7-8-18-15/h2-8,11-12H,9-10H2,1H3,(H,18,19)(H,20,21)/b6-5+. The molecule has 1 amide bonds. The van der Waals surface area contributed by atoms with E-state index in [1.54, 1.807) is 31.8 Å². The molecule has 1 aromatic heterocycles. The van der Waals surface area contributed by atoms with Gasteiger partial charge < -0.3 is 15.4 Å². The molecule has 0 fully saturated rings. The fourth-order valence-electron chi connectivity index (χ4n) is 1.74. The summed E-state index contributed by atoms with van der Waals surface area (Å²) in [6.07, 6.45) is 8.09. The zero-order valence-corrected chi connectivity index (χ0v) is 12.3. The molecule has 0 radical (unpaired) electrons. The van der Waals surface area contributed by atoms with Crippen molar-refractivity contribution in [1.29, 1.82) is 0 Å². The van der Waals surface area contributed by atoms with Gasteiger partial charge in [0, 0.05) is 31.6 Å². The first-order valence-corrected chi connectivity index (χ1v) is 6.88. The number of amides is 1. The average molecular weight is 298 g/mol. The Kier molecular flexibility index (Phi) is 5.92. The van der Waals surface area contributed by atoms with Gasteiger partial charge in [-0.3, -0.25) is 9.78 Å². The van der Waals surface area contributed by atoms with Crippen LogP contribution in [0.5, 0.6) is 5.75 Å². The van der Waals surface area contributed by atoms with Crippen molar-refractivity contribution < 1.29 is 9.53 Å². The maximum Gasteiger partial charge on any atom is 0.244 e. The quantitative estimate of drug-likeness (QED) is 0.601. The van der Waals surface area contributed by atoms with Gasteiger partial charge >= 0.3 is 0 Å². The van der Waals surface area contributed by atoms with Crippen LogP contribution in [0.15, 0.2) is 48.9 Å². The molecule has 114 valence electrons. The van der Waals surface area contributed by atoms with E-state index >= 15 is 0 Å². The molecule has 0 aliphatic carbocycles. The number of ether oxygens (including phenoxy) is 1. The highest BCUT2D eigenvalue weighted by Crippen LogP contribution is 2.13. The second-order valence-corrected chi connectivity index (χ2v) is 4.42. The highest BCUT2D eigenvalue weighted by molar-refractivity contribution is 5.91. The SMILES string of the molecule is COc1cccc(/C=C/C(=O)NCCNc2cnccn2)c1. The van der Waals surface area contributed by atoms with E-state index in [0.29, 0.717) is 18.9 Å². The van der Waals surface area contributed by atoms with Crippen molar-refractivity contribution in [2.24, 2.45) is 0 Å². The van der Waals surface area contributed by atoms with Crippen molar-refractivity contribution in [2.75, 3.05) is 25.5 Å². The molecular formula is C16H18N4O2. The van der Waals surface area contributed by atoms with E-state index in [1.165, 1.54) is 6.08 Å². The van der Waals surface area contributed by atoms with Gasteiger partial charge in [-0.2, -0.15) is 0 Å². The number of hydrogen-bond donors (Lipinski definition) is 2. The fourth-order valence-corrected chi connectivity index (χ4v) is 1.74. The van der Waals surface area contributed by atoms with Crippen LogP contribution in [0.25, 0.3) is 6.08 Å². The van der Waals surface area contributed by atoms with Gasteiger partial charge in [-0.05, 0) is 23.8 Å². The average Bonchev–Trinajstić information content (AvgIpc) is 2.58. The number of nitrogens with zero attached hydrogens (tertiary/aromatic N) is 2. The third kappa shape index (κ3) is 5.24. The summed E-state index contributed by atoms with van der Waals surface area (Å²) in [5, 5.41) is 5.84. The van der Waals surface area contributed by atoms with Crippen LogP contribution < -0.4 is 15.4 Å². The molecule has 0 unspecified atom stereocenters. The normalized spacial score (nSPS) is 10.4. The third-order valence-electron chi connectivity index (χ3n) is 2.81. The van der Waals surface area contributed by atoms with Crippen molar-refractivity contribution in [1.82, 2.24) is 15.3 Å². The number of nitrogens with one attached hydrogen (secondary N) is 2. The summed E-state index contributed by atoms with van der Waals surface area (Å²) in [4.78, 5) is 19.7. The first-order valence-electron chi connectivity index (χ1n) is 6.88. The smallest absolute Gasteiger partial charge is 0.244 e. The van der Waals surface area contributed by atoms with Gasteiger partial charge in [0.05, 0.1) is 13.3 Å². The number of carbonyl (C=O) groups excluding carboxylic acids is 1. The predicted molar refractivity (Wildman–Crippen MR) is 85.6 cm³/mol. The molecule has 6 nitrogen and oxygen atoms in total. The van der Waals surface area contributed by atoms with E-state index in [2.05, 4.69) is 20.6 Å². The first-order chi connectivity index (χ1) is 10.8. The molecule has 0 aliphatic heterocycles. The van der Waals surface area contributed by atoms with Crippen molar-refractivity contribution in [3.8, 4) is 5.75 Å². The second kappa shape index (κ2) is 8.41. The van der Waals surface area contributed by atoms with Gasteiger partial charge in [0.25, 0.3) is 0 Å². The maximum absolute atomic E-state index is 11.7. The van der Waals surface area contributed by atoms with Crippen molar-refractivity contribution >= 4 is 17.8 Å². The zero-order valence-electron chi connectivity index (χ0n) is 12.3. The zero-order chi connectivity index (χ0) is 15.6. The molecular weight excluding hydrogens is 280 g/mol. The topological polar surface area (TPSA) is 76.1 Å². The number of carbonyl (C=O) groups is 1. The molecule has 6 heteroatoms. The minimum absolute atomic E-state index is 0.149. The fraction of sp³-hybridized carbons (Fsp3) is 0.188. The van der Waals surface area contributed by atoms with Crippen molar-refractivity contribution in [2.45, 2.75) is 0 Å². The van der Waals surface area contributed by atoms with Crippen LogP contribution in [0.2, 0.25) is 0 Å². The second-order valence-electron chi connectivity index (χ2n) is 4.42. The summed E-state index contributed by atoms with van der Waals surface area (Å²) < 4.78 is 5.13. The van der Waals surface area contributed by atoms with E-state index in [1.807, 2.05) is 24.3 Å². The number of aromatic nitrogens is 2. The molecule has 1 aromatic carbocycles. The highest BCUT2D eigenvalue weighted by Gasteiger charge is 1.97. The Morgan fingerprint density at radius 2 is 2.23 bits per heavy atom. The number of hydrogen-bond acceptors (Lipinski definition) is 5. The van der Waals surface area contributed by atoms with Crippen molar-refractivity contribution in [3.05, 3.63) is 54.5 Å². The summed E-state index contributed by atoms with van der Waals surface area (Å²) in [6.45, 7) is 1.08. The summed E-state index contributed by atoms with van der Waals surface area (Å²) in [6, 6.07) is 7.50. The molecule has 0 saturated carbocycles. The van der Waals surface area contributed by atoms with E-state index in [0.717, 1.165) is 11.3 Å². The van der Waals surface area contributed by atoms with Crippen LogP contribution in [0, 0.1) is 0 Å². The highest BCUT2D eigenvalue weighted by atomic mass is 16.5. The van der Waals surface area contributed by atoms with Crippen LogP contribution in [-0.2, 0) is 4.79 Å². The number of rotatable bonds is 7. The van der Waals surface area contributed by atoms with Gasteiger partial charge in [-0.1, -0.05) is 12.1 Å². The maximum atomic E-state index is 11.7. The largest absolute Gasteiger partial charge is 0.497 e. The van der Waals surface area contributed by atoms with Crippen LogP contribution in [0.4, 0.5) is 5.82 Å². The Labute approximate surface area is 129 Å². The monoisotopic (exact) mass is 298 g/mol. The molecule has 0 spiro atoms. The number of anilines is 1. The van der Waals surface area contributed by atoms with Crippen LogP contribution in [-0.4, -0.2) is 36.1 Å². The summed E-state index contributed by atoms with van der Waals surface area (Å²) >= 11 is 0. The van der Waals surface area contributed by atoms with Gasteiger partial charge in [-0.15, -0.1) is 0 Å². The molecule has 0 atom stereocenters. The lowest BCUT2D eigenvalue weighted by Gasteiger charge is -2.05. The van der Waals surface area contributed by atoms with Gasteiger partial charge in [0.2, 0.25) is 5.91 Å². The summed E-state index contributed by atoms with van der Waals surface area (Å²) in [5.74, 6) is 1.29. The van der Waals surface area contributed by atoms with E-state index in [-0.39, 0.29) is 5.91 Å². The summed E-state index contributed by atoms with van der Waals surface area (Å²) in [5.41, 5.74) is 0.909. The van der Waals surface area contributed by atoms with Gasteiger partial charge in [0.1, 0.15) is 11.6 Å². The Morgan fingerprint density at radius 3 is 3.00 bits per heavy atom. The van der Waals surface area contributed by atoms with Gasteiger partial charge in [0.15, 0.2) is 0 Å². The first kappa shape index (κ1) is 15.5. The molecule has 0 aliphatic rings. The molecule has 1 heterocycles. The Balaban J connectivity index is 1.72. The molecule has 0 bridgehead atoms. The Bertz CT molecular complexity index is 629. The van der Waals surface area contributed by atoms with E-state index in [4.69, 9.17) is 4.74 Å². The summed E-state index contributed by atoms with van der Waals surface area (Å²) in [7, 11) is 1.61. The molecule has 2 aromatic rings. The number of benzene rings is 1. The van der Waals surface area contributed by atoms with E-state index in [9.17, 15) is 4.79 Å². The van der Waals surface area contributed by atoms with Gasteiger partial charge in [-0.25, -0.2) is 4.98 Å².